The zero-order valence-corrected chi connectivity index (χ0v) is 12.8. The van der Waals surface area contributed by atoms with Crippen molar-refractivity contribution in [3.8, 4) is 0 Å². The van der Waals surface area contributed by atoms with Crippen molar-refractivity contribution in [2.75, 3.05) is 17.2 Å². The Kier molecular flexibility index (Phi) is 3.83. The van der Waals surface area contributed by atoms with Gasteiger partial charge in [0.2, 0.25) is 10.0 Å². The molecule has 1 aromatic rings. The molecule has 1 aliphatic rings. The van der Waals surface area contributed by atoms with Crippen LogP contribution in [-0.2, 0) is 25.6 Å². The molecule has 1 heterocycles. The molecule has 112 valence electrons. The van der Waals surface area contributed by atoms with Crippen LogP contribution in [0.4, 0.5) is 5.69 Å². The minimum absolute atomic E-state index is 0.0182. The zero-order valence-electron chi connectivity index (χ0n) is 11.2. The molecule has 8 heteroatoms. The van der Waals surface area contributed by atoms with Gasteiger partial charge in [0.15, 0.2) is 9.84 Å². The summed E-state index contributed by atoms with van der Waals surface area (Å²) >= 11 is 0. The van der Waals surface area contributed by atoms with E-state index < -0.39 is 25.4 Å². The molecule has 6 nitrogen and oxygen atoms in total. The van der Waals surface area contributed by atoms with E-state index in [1.54, 1.807) is 31.2 Å². The van der Waals surface area contributed by atoms with Gasteiger partial charge in [0.25, 0.3) is 0 Å². The molecule has 0 spiro atoms. The van der Waals surface area contributed by atoms with Gasteiger partial charge in [-0.15, -0.1) is 0 Å². The molecular formula is C12H18N2O4S2. The lowest BCUT2D eigenvalue weighted by Crippen LogP contribution is -2.47. The van der Waals surface area contributed by atoms with E-state index in [1.165, 1.54) is 0 Å². The summed E-state index contributed by atoms with van der Waals surface area (Å²) in [7, 11) is -6.77. The lowest BCUT2D eigenvalue weighted by atomic mass is 10.0. The Balaban J connectivity index is 2.12. The first-order valence-corrected chi connectivity index (χ1v) is 9.63. The summed E-state index contributed by atoms with van der Waals surface area (Å²) in [6, 6.07) is 6.62. The Hall–Kier alpha value is -1.12. The summed E-state index contributed by atoms with van der Waals surface area (Å²) in [5, 5.41) is 0. The third-order valence-electron chi connectivity index (χ3n) is 3.21. The third kappa shape index (κ3) is 3.94. The Bertz CT molecular complexity index is 713. The number of benzene rings is 1. The van der Waals surface area contributed by atoms with Crippen LogP contribution in [0, 0.1) is 0 Å². The highest BCUT2D eigenvalue weighted by Gasteiger charge is 2.40. The van der Waals surface area contributed by atoms with Gasteiger partial charge in [-0.3, -0.25) is 0 Å². The fraction of sp³-hybridized carbons (Fsp3) is 0.500. The fourth-order valence-electron chi connectivity index (χ4n) is 2.40. The minimum atomic E-state index is -3.61. The highest BCUT2D eigenvalue weighted by atomic mass is 32.2. The summed E-state index contributed by atoms with van der Waals surface area (Å²) in [5.41, 5.74) is 5.75. The molecular weight excluding hydrogens is 300 g/mol. The molecule has 1 saturated heterocycles. The summed E-state index contributed by atoms with van der Waals surface area (Å²) in [6.45, 7) is 1.62. The fourth-order valence-corrected chi connectivity index (χ4v) is 6.20. The molecule has 1 aromatic carbocycles. The van der Waals surface area contributed by atoms with E-state index in [1.807, 2.05) is 0 Å². The van der Waals surface area contributed by atoms with E-state index >= 15 is 0 Å². The average Bonchev–Trinajstić information content (AvgIpc) is 2.50. The van der Waals surface area contributed by atoms with E-state index in [9.17, 15) is 16.8 Å². The van der Waals surface area contributed by atoms with Crippen LogP contribution in [0.25, 0.3) is 0 Å². The Morgan fingerprint density at radius 1 is 1.40 bits per heavy atom. The van der Waals surface area contributed by atoms with Crippen LogP contribution >= 0.6 is 0 Å². The van der Waals surface area contributed by atoms with Crippen LogP contribution in [0.5, 0.6) is 0 Å². The zero-order chi connectivity index (χ0) is 15.0. The van der Waals surface area contributed by atoms with E-state index in [4.69, 9.17) is 5.73 Å². The molecule has 1 aliphatic heterocycles. The predicted molar refractivity (Wildman–Crippen MR) is 78.3 cm³/mol. The van der Waals surface area contributed by atoms with Crippen molar-refractivity contribution in [2.24, 2.45) is 0 Å². The van der Waals surface area contributed by atoms with Crippen molar-refractivity contribution in [1.29, 1.82) is 0 Å². The second-order valence-corrected chi connectivity index (χ2v) is 9.42. The maximum absolute atomic E-state index is 12.1. The molecule has 3 N–H and O–H groups in total. The molecule has 20 heavy (non-hydrogen) atoms. The quantitative estimate of drug-likeness (QED) is 0.775. The first-order chi connectivity index (χ1) is 9.09. The van der Waals surface area contributed by atoms with Gasteiger partial charge in [0.05, 0.1) is 17.3 Å². The van der Waals surface area contributed by atoms with Crippen molar-refractivity contribution < 1.29 is 16.8 Å². The molecule has 0 saturated carbocycles. The van der Waals surface area contributed by atoms with Gasteiger partial charge in [0, 0.05) is 11.2 Å². The molecule has 2 rings (SSSR count). The number of rotatable bonds is 4. The topological polar surface area (TPSA) is 106 Å². The van der Waals surface area contributed by atoms with E-state index in [2.05, 4.69) is 4.72 Å². The molecule has 1 fully saturated rings. The molecule has 0 radical (unpaired) electrons. The van der Waals surface area contributed by atoms with Crippen molar-refractivity contribution in [3.63, 3.8) is 0 Å². The number of nitrogen functional groups attached to an aromatic ring is 1. The SMILES string of the molecule is CC1(NS(=O)(=O)Cc2cccc(N)c2)CCS(=O)(=O)C1. The van der Waals surface area contributed by atoms with E-state index in [0.717, 1.165) is 0 Å². The lowest BCUT2D eigenvalue weighted by molar-refractivity contribution is 0.461. The Morgan fingerprint density at radius 2 is 2.10 bits per heavy atom. The number of anilines is 1. The van der Waals surface area contributed by atoms with Crippen LogP contribution in [0.3, 0.4) is 0 Å². The highest BCUT2D eigenvalue weighted by molar-refractivity contribution is 7.92. The van der Waals surface area contributed by atoms with Crippen molar-refractivity contribution in [1.82, 2.24) is 4.72 Å². The number of hydrogen-bond acceptors (Lipinski definition) is 5. The Labute approximate surface area is 119 Å². The van der Waals surface area contributed by atoms with Crippen molar-refractivity contribution in [2.45, 2.75) is 24.6 Å². The molecule has 1 unspecified atom stereocenters. The van der Waals surface area contributed by atoms with Crippen LogP contribution < -0.4 is 10.5 Å². The first-order valence-electron chi connectivity index (χ1n) is 6.16. The van der Waals surface area contributed by atoms with Gasteiger partial charge >= 0.3 is 0 Å². The maximum atomic E-state index is 12.1. The van der Waals surface area contributed by atoms with Crippen molar-refractivity contribution in [3.05, 3.63) is 29.8 Å². The number of sulfone groups is 1. The summed E-state index contributed by atoms with van der Waals surface area (Å²) in [5.74, 6) is -0.353. The van der Waals surface area contributed by atoms with Gasteiger partial charge < -0.3 is 5.73 Å². The number of sulfonamides is 1. The van der Waals surface area contributed by atoms with Crippen LogP contribution in [-0.4, -0.2) is 33.9 Å². The summed E-state index contributed by atoms with van der Waals surface area (Å²) in [6.07, 6.45) is 0.297. The van der Waals surface area contributed by atoms with Gasteiger partial charge in [-0.2, -0.15) is 0 Å². The summed E-state index contributed by atoms with van der Waals surface area (Å²) in [4.78, 5) is 0. The van der Waals surface area contributed by atoms with Crippen LogP contribution in [0.2, 0.25) is 0 Å². The van der Waals surface area contributed by atoms with Gasteiger partial charge in [-0.1, -0.05) is 12.1 Å². The molecule has 0 aromatic heterocycles. The number of hydrogen-bond donors (Lipinski definition) is 2. The average molecular weight is 318 g/mol. The van der Waals surface area contributed by atoms with Gasteiger partial charge in [-0.25, -0.2) is 21.6 Å². The standard InChI is InChI=1S/C12H18N2O4S2/c1-12(5-6-19(15,16)9-12)14-20(17,18)8-10-3-2-4-11(13)7-10/h2-4,7,14H,5-6,8-9,13H2,1H3. The first kappa shape index (κ1) is 15.3. The normalized spacial score (nSPS) is 25.6. The number of nitrogens with one attached hydrogen (secondary N) is 1. The van der Waals surface area contributed by atoms with Crippen LogP contribution in [0.15, 0.2) is 24.3 Å². The maximum Gasteiger partial charge on any atom is 0.216 e. The lowest BCUT2D eigenvalue weighted by Gasteiger charge is -2.23. The monoisotopic (exact) mass is 318 g/mol. The molecule has 0 bridgehead atoms. The second-order valence-electron chi connectivity index (χ2n) is 5.51. The van der Waals surface area contributed by atoms with E-state index in [-0.39, 0.29) is 17.3 Å². The third-order valence-corrected chi connectivity index (χ3v) is 6.63. The largest absolute Gasteiger partial charge is 0.399 e. The Morgan fingerprint density at radius 3 is 2.65 bits per heavy atom. The van der Waals surface area contributed by atoms with Crippen LogP contribution in [0.1, 0.15) is 18.9 Å². The van der Waals surface area contributed by atoms with Gasteiger partial charge in [0.1, 0.15) is 0 Å². The van der Waals surface area contributed by atoms with Crippen molar-refractivity contribution >= 4 is 25.5 Å². The molecule has 0 amide bonds. The summed E-state index contributed by atoms with van der Waals surface area (Å²) < 4.78 is 49.7. The second kappa shape index (κ2) is 5.01. The smallest absolute Gasteiger partial charge is 0.216 e. The minimum Gasteiger partial charge on any atom is -0.399 e. The number of nitrogens with two attached hydrogens (primary N) is 1. The molecule has 1 atom stereocenters. The highest BCUT2D eigenvalue weighted by Crippen LogP contribution is 2.24. The predicted octanol–water partition coefficient (Wildman–Crippen LogP) is 0.265. The van der Waals surface area contributed by atoms with Gasteiger partial charge in [-0.05, 0) is 31.0 Å². The van der Waals surface area contributed by atoms with E-state index in [0.29, 0.717) is 17.7 Å². The molecule has 0 aliphatic carbocycles.